The van der Waals surface area contributed by atoms with Crippen LogP contribution >= 0.6 is 0 Å². The van der Waals surface area contributed by atoms with Crippen LogP contribution in [0.5, 0.6) is 0 Å². The number of carbonyl (C=O) groups excluding carboxylic acids is 1. The summed E-state index contributed by atoms with van der Waals surface area (Å²) in [5, 5.41) is 0. The molecule has 1 heterocycles. The Balaban J connectivity index is 2.12. The van der Waals surface area contributed by atoms with Crippen LogP contribution in [-0.4, -0.2) is 36.6 Å². The number of hydrogen-bond acceptors (Lipinski definition) is 3. The summed E-state index contributed by atoms with van der Waals surface area (Å²) in [6, 6.07) is 4.07. The number of benzene rings is 1. The third kappa shape index (κ3) is 2.61. The van der Waals surface area contributed by atoms with Crippen LogP contribution < -0.4 is 5.73 Å². The molecule has 1 amide bonds. The van der Waals surface area contributed by atoms with Crippen molar-refractivity contribution in [1.82, 2.24) is 4.90 Å². The Morgan fingerprint density at radius 3 is 3.06 bits per heavy atom. The van der Waals surface area contributed by atoms with Crippen molar-refractivity contribution in [3.8, 4) is 0 Å². The average Bonchev–Trinajstić information content (AvgIpc) is 2.41. The average molecular weight is 252 g/mol. The summed E-state index contributed by atoms with van der Waals surface area (Å²) in [6.07, 6.45) is 0.954. The largest absolute Gasteiger partial charge is 0.396 e. The standard InChI is InChI=1S/C13H17FN2O2/c1-2-10-8-16(5-6-18-10)13(17)9-3-4-11(14)12(15)7-9/h3-4,7,10H,2,5-6,8,15H2,1H3. The molecule has 1 aromatic rings. The van der Waals surface area contributed by atoms with Gasteiger partial charge in [0.05, 0.1) is 18.4 Å². The van der Waals surface area contributed by atoms with Gasteiger partial charge in [0.2, 0.25) is 0 Å². The summed E-state index contributed by atoms with van der Waals surface area (Å²) < 4.78 is 18.6. The number of hydrogen-bond donors (Lipinski definition) is 1. The maximum Gasteiger partial charge on any atom is 0.254 e. The van der Waals surface area contributed by atoms with Gasteiger partial charge in [-0.3, -0.25) is 4.79 Å². The Bertz CT molecular complexity index is 451. The lowest BCUT2D eigenvalue weighted by molar-refractivity contribution is -0.0226. The Hall–Kier alpha value is -1.62. The molecule has 1 unspecified atom stereocenters. The van der Waals surface area contributed by atoms with Gasteiger partial charge in [-0.15, -0.1) is 0 Å². The van der Waals surface area contributed by atoms with Crippen molar-refractivity contribution < 1.29 is 13.9 Å². The van der Waals surface area contributed by atoms with Gasteiger partial charge < -0.3 is 15.4 Å². The van der Waals surface area contributed by atoms with E-state index in [2.05, 4.69) is 0 Å². The molecule has 98 valence electrons. The van der Waals surface area contributed by atoms with Gasteiger partial charge in [0.15, 0.2) is 0 Å². The van der Waals surface area contributed by atoms with E-state index in [1.54, 1.807) is 4.90 Å². The molecule has 1 saturated heterocycles. The molecular weight excluding hydrogens is 235 g/mol. The van der Waals surface area contributed by atoms with Crippen LogP contribution in [0.2, 0.25) is 0 Å². The molecule has 1 atom stereocenters. The van der Waals surface area contributed by atoms with Crippen molar-refractivity contribution in [1.29, 1.82) is 0 Å². The lowest BCUT2D eigenvalue weighted by atomic mass is 10.1. The first-order chi connectivity index (χ1) is 8.61. The van der Waals surface area contributed by atoms with E-state index in [0.717, 1.165) is 6.42 Å². The number of amides is 1. The lowest BCUT2D eigenvalue weighted by Crippen LogP contribution is -2.45. The highest BCUT2D eigenvalue weighted by atomic mass is 19.1. The van der Waals surface area contributed by atoms with Crippen LogP contribution in [0, 0.1) is 5.82 Å². The van der Waals surface area contributed by atoms with E-state index in [4.69, 9.17) is 10.5 Å². The first-order valence-electron chi connectivity index (χ1n) is 6.07. The van der Waals surface area contributed by atoms with E-state index in [1.807, 2.05) is 6.92 Å². The van der Waals surface area contributed by atoms with Crippen LogP contribution in [0.4, 0.5) is 10.1 Å². The second-order valence-electron chi connectivity index (χ2n) is 4.39. The van der Waals surface area contributed by atoms with Gasteiger partial charge >= 0.3 is 0 Å². The van der Waals surface area contributed by atoms with E-state index in [-0.39, 0.29) is 17.7 Å². The number of carbonyl (C=O) groups is 1. The van der Waals surface area contributed by atoms with Crippen LogP contribution in [0.1, 0.15) is 23.7 Å². The van der Waals surface area contributed by atoms with Gasteiger partial charge in [0.25, 0.3) is 5.91 Å². The second-order valence-corrected chi connectivity index (χ2v) is 4.39. The number of nitrogen functional groups attached to an aromatic ring is 1. The molecule has 0 spiro atoms. The molecule has 5 heteroatoms. The monoisotopic (exact) mass is 252 g/mol. The van der Waals surface area contributed by atoms with E-state index < -0.39 is 5.82 Å². The fourth-order valence-electron chi connectivity index (χ4n) is 2.01. The smallest absolute Gasteiger partial charge is 0.254 e. The fraction of sp³-hybridized carbons (Fsp3) is 0.462. The van der Waals surface area contributed by atoms with Crippen molar-refractivity contribution in [2.75, 3.05) is 25.4 Å². The van der Waals surface area contributed by atoms with Crippen molar-refractivity contribution >= 4 is 11.6 Å². The molecule has 2 N–H and O–H groups in total. The zero-order chi connectivity index (χ0) is 13.1. The molecule has 0 saturated carbocycles. The number of ether oxygens (including phenoxy) is 1. The molecule has 18 heavy (non-hydrogen) atoms. The summed E-state index contributed by atoms with van der Waals surface area (Å²) in [4.78, 5) is 13.9. The molecule has 1 aromatic carbocycles. The highest BCUT2D eigenvalue weighted by Gasteiger charge is 2.24. The summed E-state index contributed by atoms with van der Waals surface area (Å²) in [5.41, 5.74) is 5.89. The molecule has 0 aromatic heterocycles. The highest BCUT2D eigenvalue weighted by molar-refractivity contribution is 5.95. The number of rotatable bonds is 2. The number of nitrogens with two attached hydrogens (primary N) is 1. The molecular formula is C13H17FN2O2. The van der Waals surface area contributed by atoms with E-state index in [1.165, 1.54) is 18.2 Å². The second kappa shape index (κ2) is 5.35. The number of morpholine rings is 1. The minimum Gasteiger partial charge on any atom is -0.396 e. The first-order valence-corrected chi connectivity index (χ1v) is 6.07. The van der Waals surface area contributed by atoms with Crippen LogP contribution in [-0.2, 0) is 4.74 Å². The molecule has 4 nitrogen and oxygen atoms in total. The molecule has 2 rings (SSSR count). The van der Waals surface area contributed by atoms with Gasteiger partial charge in [0, 0.05) is 18.7 Å². The molecule has 0 bridgehead atoms. The van der Waals surface area contributed by atoms with Gasteiger partial charge in [0.1, 0.15) is 5.82 Å². The van der Waals surface area contributed by atoms with Gasteiger partial charge in [-0.25, -0.2) is 4.39 Å². The SMILES string of the molecule is CCC1CN(C(=O)c2ccc(F)c(N)c2)CCO1. The molecule has 0 aliphatic carbocycles. The van der Waals surface area contributed by atoms with Gasteiger partial charge in [-0.1, -0.05) is 6.92 Å². The van der Waals surface area contributed by atoms with Crippen LogP contribution in [0.3, 0.4) is 0 Å². The van der Waals surface area contributed by atoms with Gasteiger partial charge in [-0.2, -0.15) is 0 Å². The fourth-order valence-corrected chi connectivity index (χ4v) is 2.01. The summed E-state index contributed by atoms with van der Waals surface area (Å²) in [5.74, 6) is -0.622. The van der Waals surface area contributed by atoms with Crippen molar-refractivity contribution in [3.63, 3.8) is 0 Å². The predicted molar refractivity (Wildman–Crippen MR) is 66.7 cm³/mol. The lowest BCUT2D eigenvalue weighted by Gasteiger charge is -2.32. The summed E-state index contributed by atoms with van der Waals surface area (Å²) >= 11 is 0. The minimum atomic E-state index is -0.500. The van der Waals surface area contributed by atoms with Gasteiger partial charge in [-0.05, 0) is 24.6 Å². The highest BCUT2D eigenvalue weighted by Crippen LogP contribution is 2.16. The number of halogens is 1. The Morgan fingerprint density at radius 1 is 1.61 bits per heavy atom. The number of anilines is 1. The maximum absolute atomic E-state index is 13.1. The van der Waals surface area contributed by atoms with E-state index in [0.29, 0.717) is 25.3 Å². The van der Waals surface area contributed by atoms with Crippen LogP contribution in [0.15, 0.2) is 18.2 Å². The van der Waals surface area contributed by atoms with E-state index in [9.17, 15) is 9.18 Å². The summed E-state index contributed by atoms with van der Waals surface area (Å²) in [7, 11) is 0. The predicted octanol–water partition coefficient (Wildman–Crippen LogP) is 1.66. The molecule has 0 radical (unpaired) electrons. The number of nitrogens with zero attached hydrogens (tertiary/aromatic N) is 1. The topological polar surface area (TPSA) is 55.6 Å². The Kier molecular flexibility index (Phi) is 3.81. The van der Waals surface area contributed by atoms with E-state index >= 15 is 0 Å². The summed E-state index contributed by atoms with van der Waals surface area (Å²) in [6.45, 7) is 3.70. The molecule has 1 aliphatic heterocycles. The Labute approximate surface area is 106 Å². The molecule has 1 aliphatic rings. The van der Waals surface area contributed by atoms with Crippen molar-refractivity contribution in [2.24, 2.45) is 0 Å². The quantitative estimate of drug-likeness (QED) is 0.814. The minimum absolute atomic E-state index is 0.00107. The first kappa shape index (κ1) is 12.8. The van der Waals surface area contributed by atoms with Crippen molar-refractivity contribution in [2.45, 2.75) is 19.4 Å². The normalized spacial score (nSPS) is 19.9. The van der Waals surface area contributed by atoms with Crippen molar-refractivity contribution in [3.05, 3.63) is 29.6 Å². The maximum atomic E-state index is 13.1. The third-order valence-electron chi connectivity index (χ3n) is 3.12. The zero-order valence-corrected chi connectivity index (χ0v) is 10.4. The zero-order valence-electron chi connectivity index (χ0n) is 10.4. The third-order valence-corrected chi connectivity index (χ3v) is 3.12. The Morgan fingerprint density at radius 2 is 2.39 bits per heavy atom. The van der Waals surface area contributed by atoms with Crippen LogP contribution in [0.25, 0.3) is 0 Å². The molecule has 1 fully saturated rings.